The number of hydrogen-bond acceptors (Lipinski definition) is 4. The fraction of sp³-hybridized carbons (Fsp3) is 0.0476. The molecule has 2 aromatic heterocycles. The van der Waals surface area contributed by atoms with Crippen LogP contribution in [0.3, 0.4) is 0 Å². The average Bonchev–Trinajstić information content (AvgIpc) is 3.31. The minimum atomic E-state index is -0.328. The Labute approximate surface area is 159 Å². The van der Waals surface area contributed by atoms with Crippen LogP contribution in [0.2, 0.25) is 0 Å². The van der Waals surface area contributed by atoms with E-state index in [2.05, 4.69) is 10.6 Å². The van der Waals surface area contributed by atoms with Gasteiger partial charge in [0.1, 0.15) is 5.58 Å². The van der Waals surface area contributed by atoms with Gasteiger partial charge in [-0.15, -0.1) is 11.3 Å². The molecule has 0 radical (unpaired) electrons. The van der Waals surface area contributed by atoms with Crippen LogP contribution in [-0.4, -0.2) is 11.8 Å². The third-order valence-corrected chi connectivity index (χ3v) is 5.04. The lowest BCUT2D eigenvalue weighted by atomic mass is 10.1. The maximum absolute atomic E-state index is 12.6. The van der Waals surface area contributed by atoms with Crippen LogP contribution in [0.1, 0.15) is 25.8 Å². The quantitative estimate of drug-likeness (QED) is 0.507. The number of fused-ring (bicyclic) bond motifs is 1. The Morgan fingerprint density at radius 2 is 1.63 bits per heavy atom. The smallest absolute Gasteiger partial charge is 0.291 e. The number of benzene rings is 2. The first-order chi connectivity index (χ1) is 13.1. The Hall–Kier alpha value is -3.38. The van der Waals surface area contributed by atoms with Crippen molar-refractivity contribution in [2.24, 2.45) is 0 Å². The molecule has 27 heavy (non-hydrogen) atoms. The summed E-state index contributed by atoms with van der Waals surface area (Å²) in [6.07, 6.45) is 0. The number of furan rings is 1. The highest BCUT2D eigenvalue weighted by atomic mass is 32.1. The Balaban J connectivity index is 1.53. The van der Waals surface area contributed by atoms with E-state index in [0.717, 1.165) is 10.9 Å². The van der Waals surface area contributed by atoms with Gasteiger partial charge in [-0.2, -0.15) is 0 Å². The van der Waals surface area contributed by atoms with Crippen LogP contribution in [-0.2, 0) is 0 Å². The van der Waals surface area contributed by atoms with Crippen LogP contribution in [0.4, 0.5) is 11.4 Å². The second-order valence-corrected chi connectivity index (χ2v) is 6.97. The molecule has 0 spiro atoms. The predicted molar refractivity (Wildman–Crippen MR) is 108 cm³/mol. The molecule has 134 valence electrons. The maximum atomic E-state index is 12.6. The van der Waals surface area contributed by atoms with Gasteiger partial charge in [0, 0.05) is 22.3 Å². The zero-order chi connectivity index (χ0) is 18.8. The molecule has 5 nitrogen and oxygen atoms in total. The molecular formula is C21H16N2O3S. The van der Waals surface area contributed by atoms with Gasteiger partial charge in [-0.25, -0.2) is 0 Å². The standard InChI is InChI=1S/C21H16N2O3S/c1-13-16-8-2-3-9-17(16)26-19(13)21(25)23-15-7-4-6-14(12-15)22-20(24)18-10-5-11-27-18/h2-12H,1H3,(H,22,24)(H,23,25). The van der Waals surface area contributed by atoms with E-state index in [0.29, 0.717) is 21.8 Å². The van der Waals surface area contributed by atoms with Crippen molar-refractivity contribution in [1.82, 2.24) is 0 Å². The predicted octanol–water partition coefficient (Wildman–Crippen LogP) is 5.31. The van der Waals surface area contributed by atoms with Gasteiger partial charge >= 0.3 is 0 Å². The van der Waals surface area contributed by atoms with Crippen molar-refractivity contribution in [3.8, 4) is 0 Å². The van der Waals surface area contributed by atoms with E-state index in [4.69, 9.17) is 4.42 Å². The summed E-state index contributed by atoms with van der Waals surface area (Å²) in [6, 6.07) is 18.1. The number of anilines is 2. The number of thiophene rings is 1. The van der Waals surface area contributed by atoms with Crippen LogP contribution in [0.15, 0.2) is 70.5 Å². The van der Waals surface area contributed by atoms with Crippen molar-refractivity contribution in [2.75, 3.05) is 10.6 Å². The monoisotopic (exact) mass is 376 g/mol. The minimum absolute atomic E-state index is 0.179. The third-order valence-electron chi connectivity index (χ3n) is 4.17. The Morgan fingerprint density at radius 1 is 0.889 bits per heavy atom. The summed E-state index contributed by atoms with van der Waals surface area (Å²) in [5.41, 5.74) is 2.65. The van der Waals surface area contributed by atoms with Crippen molar-refractivity contribution >= 4 is 45.5 Å². The van der Waals surface area contributed by atoms with Crippen LogP contribution >= 0.6 is 11.3 Å². The highest BCUT2D eigenvalue weighted by Gasteiger charge is 2.17. The van der Waals surface area contributed by atoms with Gasteiger partial charge in [0.05, 0.1) is 4.88 Å². The number of hydrogen-bond donors (Lipinski definition) is 2. The summed E-state index contributed by atoms with van der Waals surface area (Å²) >= 11 is 1.37. The van der Waals surface area contributed by atoms with Crippen molar-refractivity contribution in [3.05, 3.63) is 82.2 Å². The molecule has 0 aliphatic rings. The van der Waals surface area contributed by atoms with Crippen molar-refractivity contribution in [2.45, 2.75) is 6.92 Å². The van der Waals surface area contributed by atoms with E-state index < -0.39 is 0 Å². The molecule has 0 atom stereocenters. The summed E-state index contributed by atoms with van der Waals surface area (Å²) < 4.78 is 5.70. The van der Waals surface area contributed by atoms with Gasteiger partial charge < -0.3 is 15.1 Å². The van der Waals surface area contributed by atoms with Crippen LogP contribution in [0.5, 0.6) is 0 Å². The Bertz CT molecular complexity index is 1130. The van der Waals surface area contributed by atoms with E-state index in [1.165, 1.54) is 11.3 Å². The molecule has 0 aliphatic carbocycles. The second-order valence-electron chi connectivity index (χ2n) is 6.02. The minimum Gasteiger partial charge on any atom is -0.451 e. The number of carbonyl (C=O) groups is 2. The number of rotatable bonds is 4. The molecule has 4 rings (SSSR count). The molecule has 0 aliphatic heterocycles. The zero-order valence-corrected chi connectivity index (χ0v) is 15.3. The van der Waals surface area contributed by atoms with Gasteiger partial charge in [-0.05, 0) is 42.6 Å². The van der Waals surface area contributed by atoms with Gasteiger partial charge in [0.15, 0.2) is 5.76 Å². The molecule has 0 unspecified atom stereocenters. The van der Waals surface area contributed by atoms with Gasteiger partial charge in [0.25, 0.3) is 11.8 Å². The molecule has 0 fully saturated rings. The summed E-state index contributed by atoms with van der Waals surface area (Å²) in [5.74, 6) is -0.226. The van der Waals surface area contributed by atoms with Crippen molar-refractivity contribution in [3.63, 3.8) is 0 Å². The zero-order valence-electron chi connectivity index (χ0n) is 14.5. The fourth-order valence-corrected chi connectivity index (χ4v) is 3.47. The molecule has 2 amide bonds. The van der Waals surface area contributed by atoms with Crippen molar-refractivity contribution < 1.29 is 14.0 Å². The normalized spacial score (nSPS) is 10.7. The second kappa shape index (κ2) is 7.09. The molecular weight excluding hydrogens is 360 g/mol. The van der Waals surface area contributed by atoms with E-state index in [-0.39, 0.29) is 17.6 Å². The summed E-state index contributed by atoms with van der Waals surface area (Å²) in [4.78, 5) is 25.4. The summed E-state index contributed by atoms with van der Waals surface area (Å²) in [7, 11) is 0. The van der Waals surface area contributed by atoms with Gasteiger partial charge in [0.2, 0.25) is 0 Å². The van der Waals surface area contributed by atoms with Crippen molar-refractivity contribution in [1.29, 1.82) is 0 Å². The van der Waals surface area contributed by atoms with E-state index in [1.807, 2.05) is 42.6 Å². The van der Waals surface area contributed by atoms with E-state index in [9.17, 15) is 9.59 Å². The molecule has 4 aromatic rings. The Morgan fingerprint density at radius 3 is 2.33 bits per heavy atom. The molecule has 0 saturated carbocycles. The molecule has 6 heteroatoms. The number of carbonyl (C=O) groups excluding carboxylic acids is 2. The SMILES string of the molecule is Cc1c(C(=O)Nc2cccc(NC(=O)c3cccs3)c2)oc2ccccc12. The lowest BCUT2D eigenvalue weighted by Crippen LogP contribution is -2.13. The van der Waals surface area contributed by atoms with Gasteiger partial charge in [-0.3, -0.25) is 9.59 Å². The first-order valence-electron chi connectivity index (χ1n) is 8.36. The largest absolute Gasteiger partial charge is 0.451 e. The first kappa shape index (κ1) is 17.1. The fourth-order valence-electron chi connectivity index (χ4n) is 2.85. The first-order valence-corrected chi connectivity index (χ1v) is 9.24. The number of para-hydroxylation sites is 1. The topological polar surface area (TPSA) is 71.3 Å². The van der Waals surface area contributed by atoms with E-state index in [1.54, 1.807) is 30.3 Å². The molecule has 0 saturated heterocycles. The van der Waals surface area contributed by atoms with Crippen LogP contribution in [0, 0.1) is 6.92 Å². The maximum Gasteiger partial charge on any atom is 0.291 e. The van der Waals surface area contributed by atoms with Crippen LogP contribution < -0.4 is 10.6 Å². The summed E-state index contributed by atoms with van der Waals surface area (Å²) in [5, 5.41) is 8.42. The number of nitrogens with one attached hydrogen (secondary N) is 2. The Kier molecular flexibility index (Phi) is 4.48. The highest BCUT2D eigenvalue weighted by Crippen LogP contribution is 2.26. The summed E-state index contributed by atoms with van der Waals surface area (Å²) in [6.45, 7) is 1.86. The molecule has 2 N–H and O–H groups in total. The average molecular weight is 376 g/mol. The molecule has 2 aromatic carbocycles. The third kappa shape index (κ3) is 3.47. The molecule has 0 bridgehead atoms. The lowest BCUT2D eigenvalue weighted by molar-refractivity contribution is 0.0996. The van der Waals surface area contributed by atoms with Crippen LogP contribution in [0.25, 0.3) is 11.0 Å². The lowest BCUT2D eigenvalue weighted by Gasteiger charge is -2.08. The van der Waals surface area contributed by atoms with E-state index >= 15 is 0 Å². The number of aryl methyl sites for hydroxylation is 1. The molecule has 2 heterocycles. The highest BCUT2D eigenvalue weighted by molar-refractivity contribution is 7.12. The van der Waals surface area contributed by atoms with Gasteiger partial charge in [-0.1, -0.05) is 30.3 Å². The number of amides is 2.